The first-order valence-electron chi connectivity index (χ1n) is 13.2. The van der Waals surface area contributed by atoms with Crippen LogP contribution in [-0.2, 0) is 12.8 Å². The lowest BCUT2D eigenvalue weighted by Gasteiger charge is -2.25. The zero-order valence-corrected chi connectivity index (χ0v) is 21.6. The minimum atomic E-state index is 0.193. The molecule has 2 rings (SSSR count). The molecule has 6 N–H and O–H groups in total. The third-order valence-electron chi connectivity index (χ3n) is 7.16. The standard InChI is InChI=1S/C30H49N3/c1-22(2)26-13-7-24(8-14-26)11-17-28(30(33)20-19-29(32)6-5-21-31)18-12-25-9-15-27(16-10-25)23(3)4/h7-10,13-16,22-23,28-30H,5-6,11-12,17-21,31-33H2,1-4H3. The smallest absolute Gasteiger partial charge is 0.00679 e. The summed E-state index contributed by atoms with van der Waals surface area (Å²) in [6.45, 7) is 9.70. The summed E-state index contributed by atoms with van der Waals surface area (Å²) >= 11 is 0. The van der Waals surface area contributed by atoms with Gasteiger partial charge in [-0.2, -0.15) is 0 Å². The van der Waals surface area contributed by atoms with Crippen LogP contribution in [0.2, 0.25) is 0 Å². The molecule has 2 atom stereocenters. The summed E-state index contributed by atoms with van der Waals surface area (Å²) in [7, 11) is 0. The number of aryl methyl sites for hydroxylation is 2. The summed E-state index contributed by atoms with van der Waals surface area (Å²) in [6, 6.07) is 18.7. The van der Waals surface area contributed by atoms with E-state index in [1.54, 1.807) is 0 Å². The van der Waals surface area contributed by atoms with Gasteiger partial charge in [0.2, 0.25) is 0 Å². The molecule has 33 heavy (non-hydrogen) atoms. The SMILES string of the molecule is CC(C)c1ccc(CCC(CCc2ccc(C(C)C)cc2)C(N)CCC(N)CCCN)cc1. The van der Waals surface area contributed by atoms with Gasteiger partial charge in [0.05, 0.1) is 0 Å². The lowest BCUT2D eigenvalue weighted by molar-refractivity contribution is 0.337. The lowest BCUT2D eigenvalue weighted by atomic mass is 9.84. The molecule has 3 heteroatoms. The van der Waals surface area contributed by atoms with Crippen LogP contribution in [0.4, 0.5) is 0 Å². The highest BCUT2D eigenvalue weighted by atomic mass is 14.7. The van der Waals surface area contributed by atoms with E-state index >= 15 is 0 Å². The van der Waals surface area contributed by atoms with E-state index in [4.69, 9.17) is 17.2 Å². The Morgan fingerprint density at radius 3 is 1.45 bits per heavy atom. The second kappa shape index (κ2) is 14.6. The number of benzene rings is 2. The van der Waals surface area contributed by atoms with E-state index in [1.165, 1.54) is 22.3 Å². The summed E-state index contributed by atoms with van der Waals surface area (Å²) in [5.74, 6) is 1.65. The predicted molar refractivity (Wildman–Crippen MR) is 145 cm³/mol. The zero-order chi connectivity index (χ0) is 24.2. The fraction of sp³-hybridized carbons (Fsp3) is 0.600. The van der Waals surface area contributed by atoms with Crippen LogP contribution in [0, 0.1) is 5.92 Å². The highest BCUT2D eigenvalue weighted by molar-refractivity contribution is 5.26. The van der Waals surface area contributed by atoms with E-state index in [9.17, 15) is 0 Å². The Morgan fingerprint density at radius 1 is 0.606 bits per heavy atom. The highest BCUT2D eigenvalue weighted by Gasteiger charge is 2.19. The van der Waals surface area contributed by atoms with Gasteiger partial charge < -0.3 is 17.2 Å². The molecule has 0 aliphatic carbocycles. The predicted octanol–water partition coefficient (Wildman–Crippen LogP) is 6.29. The first kappa shape index (κ1) is 27.6. The largest absolute Gasteiger partial charge is 0.330 e. The molecule has 0 saturated heterocycles. The van der Waals surface area contributed by atoms with Gasteiger partial charge in [0.15, 0.2) is 0 Å². The third-order valence-corrected chi connectivity index (χ3v) is 7.16. The van der Waals surface area contributed by atoms with Gasteiger partial charge in [-0.05, 0) is 97.9 Å². The number of hydrogen-bond donors (Lipinski definition) is 3. The summed E-state index contributed by atoms with van der Waals surface area (Å²) < 4.78 is 0. The van der Waals surface area contributed by atoms with Gasteiger partial charge >= 0.3 is 0 Å². The molecule has 2 unspecified atom stereocenters. The Balaban J connectivity index is 1.98. The van der Waals surface area contributed by atoms with Crippen LogP contribution in [0.3, 0.4) is 0 Å². The van der Waals surface area contributed by atoms with Crippen molar-refractivity contribution in [2.24, 2.45) is 23.1 Å². The van der Waals surface area contributed by atoms with Crippen molar-refractivity contribution in [2.75, 3.05) is 6.54 Å². The molecule has 3 nitrogen and oxygen atoms in total. The molecule has 0 heterocycles. The van der Waals surface area contributed by atoms with Crippen molar-refractivity contribution < 1.29 is 0 Å². The molecule has 0 aliphatic heterocycles. The summed E-state index contributed by atoms with van der Waals surface area (Å²) in [6.07, 6.45) is 8.41. The van der Waals surface area contributed by atoms with Gasteiger partial charge in [0, 0.05) is 12.1 Å². The molecule has 0 bridgehead atoms. The van der Waals surface area contributed by atoms with Crippen molar-refractivity contribution in [3.63, 3.8) is 0 Å². The molecular formula is C30H49N3. The van der Waals surface area contributed by atoms with Crippen LogP contribution in [0.15, 0.2) is 48.5 Å². The molecule has 0 aliphatic rings. The van der Waals surface area contributed by atoms with Gasteiger partial charge in [0.25, 0.3) is 0 Å². The molecule has 0 amide bonds. The Bertz CT molecular complexity index is 709. The van der Waals surface area contributed by atoms with Gasteiger partial charge in [-0.3, -0.25) is 0 Å². The molecule has 2 aromatic carbocycles. The van der Waals surface area contributed by atoms with Crippen LogP contribution in [-0.4, -0.2) is 18.6 Å². The third kappa shape index (κ3) is 10.00. The van der Waals surface area contributed by atoms with E-state index in [-0.39, 0.29) is 12.1 Å². The van der Waals surface area contributed by atoms with Crippen molar-refractivity contribution in [1.29, 1.82) is 0 Å². The minimum absolute atomic E-state index is 0.193. The molecular weight excluding hydrogens is 402 g/mol. The summed E-state index contributed by atoms with van der Waals surface area (Å²) in [4.78, 5) is 0. The Kier molecular flexibility index (Phi) is 12.2. The minimum Gasteiger partial charge on any atom is -0.330 e. The lowest BCUT2D eigenvalue weighted by Crippen LogP contribution is -2.33. The number of rotatable bonds is 15. The second-order valence-electron chi connectivity index (χ2n) is 10.6. The van der Waals surface area contributed by atoms with Gasteiger partial charge in [-0.25, -0.2) is 0 Å². The summed E-state index contributed by atoms with van der Waals surface area (Å²) in [5.41, 5.74) is 24.4. The second-order valence-corrected chi connectivity index (χ2v) is 10.6. The van der Waals surface area contributed by atoms with Crippen LogP contribution < -0.4 is 17.2 Å². The average Bonchev–Trinajstić information content (AvgIpc) is 2.81. The van der Waals surface area contributed by atoms with Crippen molar-refractivity contribution in [1.82, 2.24) is 0 Å². The fourth-order valence-electron chi connectivity index (χ4n) is 4.58. The Morgan fingerprint density at radius 2 is 1.06 bits per heavy atom. The summed E-state index contributed by atoms with van der Waals surface area (Å²) in [5, 5.41) is 0. The molecule has 0 spiro atoms. The molecule has 2 aromatic rings. The fourth-order valence-corrected chi connectivity index (χ4v) is 4.58. The first-order chi connectivity index (χ1) is 15.8. The highest BCUT2D eigenvalue weighted by Crippen LogP contribution is 2.24. The molecule has 0 fully saturated rings. The topological polar surface area (TPSA) is 78.1 Å². The molecule has 0 aromatic heterocycles. The van der Waals surface area contributed by atoms with E-state index in [0.717, 1.165) is 51.4 Å². The van der Waals surface area contributed by atoms with Crippen LogP contribution >= 0.6 is 0 Å². The Hall–Kier alpha value is -1.68. The van der Waals surface area contributed by atoms with Crippen molar-refractivity contribution in [2.45, 2.75) is 103 Å². The van der Waals surface area contributed by atoms with E-state index in [1.807, 2.05) is 0 Å². The molecule has 0 radical (unpaired) electrons. The van der Waals surface area contributed by atoms with Crippen molar-refractivity contribution in [3.05, 3.63) is 70.8 Å². The van der Waals surface area contributed by atoms with Crippen molar-refractivity contribution >= 4 is 0 Å². The van der Waals surface area contributed by atoms with E-state index < -0.39 is 0 Å². The van der Waals surface area contributed by atoms with Gasteiger partial charge in [-0.1, -0.05) is 76.2 Å². The first-order valence-corrected chi connectivity index (χ1v) is 13.2. The zero-order valence-electron chi connectivity index (χ0n) is 21.6. The van der Waals surface area contributed by atoms with Crippen LogP contribution in [0.5, 0.6) is 0 Å². The average molecular weight is 452 g/mol. The normalized spacial score (nSPS) is 13.8. The maximum absolute atomic E-state index is 6.77. The molecule has 184 valence electrons. The number of nitrogens with two attached hydrogens (primary N) is 3. The van der Waals surface area contributed by atoms with Crippen molar-refractivity contribution in [3.8, 4) is 0 Å². The monoisotopic (exact) mass is 451 g/mol. The van der Waals surface area contributed by atoms with Crippen LogP contribution in [0.1, 0.15) is 100 Å². The Labute approximate surface area is 203 Å². The van der Waals surface area contributed by atoms with Gasteiger partial charge in [0.1, 0.15) is 0 Å². The van der Waals surface area contributed by atoms with Gasteiger partial charge in [-0.15, -0.1) is 0 Å². The quantitative estimate of drug-likeness (QED) is 0.298. The number of hydrogen-bond acceptors (Lipinski definition) is 3. The van der Waals surface area contributed by atoms with E-state index in [0.29, 0.717) is 24.3 Å². The van der Waals surface area contributed by atoms with Crippen LogP contribution in [0.25, 0.3) is 0 Å². The maximum atomic E-state index is 6.77. The molecule has 0 saturated carbocycles. The van der Waals surface area contributed by atoms with E-state index in [2.05, 4.69) is 76.2 Å². The maximum Gasteiger partial charge on any atom is 0.00679 e.